The summed E-state index contributed by atoms with van der Waals surface area (Å²) in [7, 11) is 0. The van der Waals surface area contributed by atoms with Crippen molar-refractivity contribution < 1.29 is 14.3 Å². The highest BCUT2D eigenvalue weighted by molar-refractivity contribution is 5.93. The van der Waals surface area contributed by atoms with Crippen LogP contribution in [0.2, 0.25) is 0 Å². The molecule has 24 heavy (non-hydrogen) atoms. The summed E-state index contributed by atoms with van der Waals surface area (Å²) in [4.78, 5) is 14.0. The Labute approximate surface area is 141 Å². The van der Waals surface area contributed by atoms with Crippen molar-refractivity contribution in [1.82, 2.24) is 4.90 Å². The maximum Gasteiger partial charge on any atom is 0.248 e. The fourth-order valence-electron chi connectivity index (χ4n) is 3.78. The van der Waals surface area contributed by atoms with E-state index < -0.39 is 11.4 Å². The number of ether oxygens (including phenoxy) is 2. The van der Waals surface area contributed by atoms with E-state index in [0.29, 0.717) is 18.9 Å². The zero-order valence-corrected chi connectivity index (χ0v) is 13.6. The molecule has 5 heteroatoms. The van der Waals surface area contributed by atoms with Crippen LogP contribution < -0.4 is 10.5 Å². The van der Waals surface area contributed by atoms with Crippen molar-refractivity contribution in [1.29, 1.82) is 0 Å². The Morgan fingerprint density at radius 2 is 2.00 bits per heavy atom. The van der Waals surface area contributed by atoms with Crippen molar-refractivity contribution >= 4 is 5.91 Å². The van der Waals surface area contributed by atoms with Gasteiger partial charge in [-0.2, -0.15) is 0 Å². The summed E-state index contributed by atoms with van der Waals surface area (Å²) in [5.74, 6) is 1.15. The lowest BCUT2D eigenvalue weighted by molar-refractivity contribution is 0.0999. The molecule has 0 aliphatic carbocycles. The summed E-state index contributed by atoms with van der Waals surface area (Å²) in [6.45, 7) is 4.14. The Balaban J connectivity index is 1.97. The number of nitrogens with zero attached hydrogens (tertiary/aromatic N) is 1. The lowest BCUT2D eigenvalue weighted by Gasteiger charge is -2.42. The number of amides is 1. The molecular weight excluding hydrogens is 304 g/mol. The molecule has 2 aromatic rings. The number of fused-ring (bicyclic) bond motifs is 4. The molecule has 4 rings (SSSR count). The molecule has 1 fully saturated rings. The molecule has 2 aromatic carbocycles. The molecule has 1 saturated heterocycles. The molecule has 0 bridgehead atoms. The van der Waals surface area contributed by atoms with Crippen molar-refractivity contribution in [3.63, 3.8) is 0 Å². The van der Waals surface area contributed by atoms with Gasteiger partial charge in [0.2, 0.25) is 5.91 Å². The van der Waals surface area contributed by atoms with E-state index in [4.69, 9.17) is 15.2 Å². The van der Waals surface area contributed by atoms with Crippen LogP contribution in [0, 0.1) is 0 Å². The van der Waals surface area contributed by atoms with Gasteiger partial charge in [-0.15, -0.1) is 0 Å². The summed E-state index contributed by atoms with van der Waals surface area (Å²) in [6.07, 6.45) is 1.01. The van der Waals surface area contributed by atoms with Crippen molar-refractivity contribution in [2.45, 2.75) is 18.9 Å². The first-order valence-electron chi connectivity index (χ1n) is 8.21. The standard InChI is InChI=1S/C19H20N2O3/c1-2-9-21-12-23-11-19(21)14-5-3-4-6-16(14)24-17-8-7-13(18(20)22)10-15(17)19/h3-8,10H,2,9,11-12H2,1H3,(H2,20,22). The van der Waals surface area contributed by atoms with Crippen LogP contribution in [-0.2, 0) is 10.3 Å². The fraction of sp³-hybridized carbons (Fsp3) is 0.316. The van der Waals surface area contributed by atoms with Gasteiger partial charge in [0.05, 0.1) is 6.61 Å². The van der Waals surface area contributed by atoms with Crippen molar-refractivity contribution in [2.24, 2.45) is 5.73 Å². The van der Waals surface area contributed by atoms with E-state index in [0.717, 1.165) is 35.6 Å². The quantitative estimate of drug-likeness (QED) is 0.943. The first-order valence-corrected chi connectivity index (χ1v) is 8.21. The minimum absolute atomic E-state index is 0.437. The van der Waals surface area contributed by atoms with Crippen molar-refractivity contribution in [3.8, 4) is 11.5 Å². The zero-order chi connectivity index (χ0) is 16.7. The van der Waals surface area contributed by atoms with Crippen molar-refractivity contribution in [2.75, 3.05) is 19.9 Å². The van der Waals surface area contributed by atoms with Crippen LogP contribution in [0.1, 0.15) is 34.8 Å². The Bertz CT molecular complexity index is 805. The molecule has 2 N–H and O–H groups in total. The SMILES string of the molecule is CCCN1COCC12c1ccccc1Oc1ccc(C(N)=O)cc12. The third kappa shape index (κ3) is 2.05. The van der Waals surface area contributed by atoms with Crippen LogP contribution in [0.3, 0.4) is 0 Å². The molecule has 0 aromatic heterocycles. The maximum absolute atomic E-state index is 11.7. The molecule has 2 aliphatic heterocycles. The van der Waals surface area contributed by atoms with Crippen molar-refractivity contribution in [3.05, 3.63) is 59.2 Å². The van der Waals surface area contributed by atoms with E-state index in [-0.39, 0.29) is 0 Å². The summed E-state index contributed by atoms with van der Waals surface area (Å²) in [5, 5.41) is 0. The number of carbonyl (C=O) groups excluding carboxylic acids is 1. The lowest BCUT2D eigenvalue weighted by atomic mass is 9.79. The van der Waals surface area contributed by atoms with Gasteiger partial charge in [0, 0.05) is 23.2 Å². The minimum atomic E-state index is -0.439. The van der Waals surface area contributed by atoms with Gasteiger partial charge in [0.1, 0.15) is 23.8 Å². The third-order valence-corrected chi connectivity index (χ3v) is 4.85. The van der Waals surface area contributed by atoms with Crippen LogP contribution in [0.4, 0.5) is 0 Å². The average Bonchev–Trinajstić information content (AvgIpc) is 2.99. The smallest absolute Gasteiger partial charge is 0.248 e. The number of rotatable bonds is 3. The van der Waals surface area contributed by atoms with E-state index in [1.54, 1.807) is 6.07 Å². The predicted molar refractivity (Wildman–Crippen MR) is 90.1 cm³/mol. The average molecular weight is 324 g/mol. The molecule has 5 nitrogen and oxygen atoms in total. The fourth-order valence-corrected chi connectivity index (χ4v) is 3.78. The number of primary amides is 1. The molecule has 1 unspecified atom stereocenters. The van der Waals surface area contributed by atoms with Gasteiger partial charge in [-0.05, 0) is 30.7 Å². The Morgan fingerprint density at radius 3 is 2.79 bits per heavy atom. The normalized spacial score (nSPS) is 22.0. The second-order valence-electron chi connectivity index (χ2n) is 6.27. The number of benzene rings is 2. The lowest BCUT2D eigenvalue weighted by Crippen LogP contribution is -2.46. The highest BCUT2D eigenvalue weighted by Crippen LogP contribution is 2.52. The van der Waals surface area contributed by atoms with E-state index in [1.807, 2.05) is 30.3 Å². The molecule has 1 amide bonds. The van der Waals surface area contributed by atoms with E-state index in [1.165, 1.54) is 0 Å². The first-order chi connectivity index (χ1) is 11.7. The molecule has 0 radical (unpaired) electrons. The van der Waals surface area contributed by atoms with Gasteiger partial charge in [-0.3, -0.25) is 9.69 Å². The third-order valence-electron chi connectivity index (χ3n) is 4.85. The van der Waals surface area contributed by atoms with E-state index in [9.17, 15) is 4.79 Å². The largest absolute Gasteiger partial charge is 0.457 e. The summed E-state index contributed by atoms with van der Waals surface area (Å²) in [6, 6.07) is 13.4. The van der Waals surface area contributed by atoms with E-state index in [2.05, 4.69) is 17.9 Å². The van der Waals surface area contributed by atoms with Crippen LogP contribution in [-0.4, -0.2) is 30.7 Å². The van der Waals surface area contributed by atoms with Gasteiger partial charge in [-0.25, -0.2) is 0 Å². The predicted octanol–water partition coefficient (Wildman–Crippen LogP) is 2.83. The topological polar surface area (TPSA) is 64.8 Å². The second kappa shape index (κ2) is 5.61. The first kappa shape index (κ1) is 15.2. The second-order valence-corrected chi connectivity index (χ2v) is 6.27. The van der Waals surface area contributed by atoms with Crippen LogP contribution >= 0.6 is 0 Å². The van der Waals surface area contributed by atoms with Gasteiger partial charge in [-0.1, -0.05) is 25.1 Å². The Morgan fingerprint density at radius 1 is 1.21 bits per heavy atom. The van der Waals surface area contributed by atoms with E-state index >= 15 is 0 Å². The highest BCUT2D eigenvalue weighted by Gasteiger charge is 2.50. The number of nitrogens with two attached hydrogens (primary N) is 1. The molecule has 1 spiro atoms. The Hall–Kier alpha value is -2.37. The monoisotopic (exact) mass is 324 g/mol. The summed E-state index contributed by atoms with van der Waals surface area (Å²) >= 11 is 0. The molecule has 2 heterocycles. The molecular formula is C19H20N2O3. The van der Waals surface area contributed by atoms with Crippen LogP contribution in [0.5, 0.6) is 11.5 Å². The summed E-state index contributed by atoms with van der Waals surface area (Å²) < 4.78 is 12.0. The number of para-hydroxylation sites is 1. The molecule has 124 valence electrons. The zero-order valence-electron chi connectivity index (χ0n) is 13.6. The van der Waals surface area contributed by atoms with Gasteiger partial charge >= 0.3 is 0 Å². The maximum atomic E-state index is 11.7. The number of carbonyl (C=O) groups is 1. The number of hydrogen-bond donors (Lipinski definition) is 1. The van der Waals surface area contributed by atoms with Gasteiger partial charge in [0.25, 0.3) is 0 Å². The van der Waals surface area contributed by atoms with Gasteiger partial charge < -0.3 is 15.2 Å². The van der Waals surface area contributed by atoms with Gasteiger partial charge in [0.15, 0.2) is 0 Å². The minimum Gasteiger partial charge on any atom is -0.457 e. The molecule has 2 aliphatic rings. The van der Waals surface area contributed by atoms with Crippen LogP contribution in [0.15, 0.2) is 42.5 Å². The number of hydrogen-bond acceptors (Lipinski definition) is 4. The Kier molecular flexibility index (Phi) is 3.55. The summed E-state index contributed by atoms with van der Waals surface area (Å²) in [5.41, 5.74) is 7.57. The molecule has 0 saturated carbocycles. The molecule has 1 atom stereocenters. The highest BCUT2D eigenvalue weighted by atomic mass is 16.5. The van der Waals surface area contributed by atoms with Crippen LogP contribution in [0.25, 0.3) is 0 Å².